The van der Waals surface area contributed by atoms with E-state index in [9.17, 15) is 34.2 Å². The summed E-state index contributed by atoms with van der Waals surface area (Å²) in [5, 5.41) is 33.1. The summed E-state index contributed by atoms with van der Waals surface area (Å²) in [5.74, 6) is -8.14. The van der Waals surface area contributed by atoms with Crippen molar-refractivity contribution in [1.82, 2.24) is 4.90 Å². The van der Waals surface area contributed by atoms with Gasteiger partial charge in [0.05, 0.1) is 30.8 Å². The molecule has 1 aliphatic carbocycles. The number of carboxylic acid groups (broad SMARTS) is 1. The minimum Gasteiger partial charge on any atom is -0.481 e. The number of hydrogen-bond acceptors (Lipinski definition) is 14. The standard InChI is InChI=1S/C47H73NO13S2/c1-10-13-33-21-27(2)20-28(3)22-38(58-8)43-39(59-9)24-30(5)47(56,61-43)44(53)45(54)48-18-12-11-14-34(48)46(55)60-42(31(6)35(49)26-36(33)50)29(4)23-32-15-16-40(37(25-32)57-7)63-62-19-17-41(51)52/h10,21,23,28,30-35,37-40,42-43,49,56H,1,11-20,22,24-26H2,2-9H3,(H,51,52)/b27-21+,29-23+/t28-,30+,31+,32-,33+,34-,35-,37+,38-,39-,40?,42+,43+,47+/m0/s1. The van der Waals surface area contributed by atoms with Gasteiger partial charge >= 0.3 is 11.9 Å². The summed E-state index contributed by atoms with van der Waals surface area (Å²) < 4.78 is 30.3. The molecule has 3 heterocycles. The van der Waals surface area contributed by atoms with E-state index in [1.54, 1.807) is 37.8 Å². The van der Waals surface area contributed by atoms with Gasteiger partial charge in [-0.2, -0.15) is 0 Å². The molecule has 14 nitrogen and oxygen atoms in total. The summed E-state index contributed by atoms with van der Waals surface area (Å²) in [6.07, 6.45) is 6.33. The number of esters is 1. The molecule has 3 N–H and O–H groups in total. The number of rotatable bonds is 12. The van der Waals surface area contributed by atoms with E-state index in [2.05, 4.69) is 6.58 Å². The maximum atomic E-state index is 14.5. The molecular weight excluding hydrogens is 851 g/mol. The number of aliphatic hydroxyl groups excluding tert-OH is 1. The molecule has 16 heteroatoms. The molecule has 2 bridgehead atoms. The van der Waals surface area contributed by atoms with Crippen LogP contribution in [0.15, 0.2) is 36.0 Å². The first-order chi connectivity index (χ1) is 29.9. The number of cyclic esters (lactones) is 1. The van der Waals surface area contributed by atoms with Crippen LogP contribution in [0.1, 0.15) is 112 Å². The summed E-state index contributed by atoms with van der Waals surface area (Å²) in [5.41, 5.74) is 1.62. The van der Waals surface area contributed by atoms with Crippen LogP contribution in [0, 0.1) is 29.6 Å². The van der Waals surface area contributed by atoms with Gasteiger partial charge in [-0.3, -0.25) is 19.2 Å². The Bertz CT molecular complexity index is 1660. The predicted molar refractivity (Wildman–Crippen MR) is 243 cm³/mol. The smallest absolute Gasteiger partial charge is 0.329 e. The molecule has 4 rings (SSSR count). The minimum absolute atomic E-state index is 0.000228. The van der Waals surface area contributed by atoms with Crippen molar-refractivity contribution in [2.75, 3.05) is 33.6 Å². The van der Waals surface area contributed by atoms with Crippen LogP contribution in [0.25, 0.3) is 0 Å². The average molecular weight is 924 g/mol. The molecule has 356 valence electrons. The quantitative estimate of drug-likeness (QED) is 0.0631. The van der Waals surface area contributed by atoms with Crippen LogP contribution < -0.4 is 0 Å². The molecule has 0 aromatic carbocycles. The van der Waals surface area contributed by atoms with E-state index in [0.29, 0.717) is 49.9 Å². The van der Waals surface area contributed by atoms with Crippen molar-refractivity contribution in [3.63, 3.8) is 0 Å². The molecule has 2 saturated heterocycles. The van der Waals surface area contributed by atoms with Crippen molar-refractivity contribution < 1.29 is 63.0 Å². The van der Waals surface area contributed by atoms with Crippen molar-refractivity contribution in [2.24, 2.45) is 29.6 Å². The van der Waals surface area contributed by atoms with Crippen LogP contribution >= 0.6 is 21.6 Å². The Morgan fingerprint density at radius 3 is 2.32 bits per heavy atom. The SMILES string of the molecule is C=CC[C@@H]1/C=C(\C)C[C@H](C)C[C@H](OC)[C@H]2O[C@@](O)(C(=O)C(=O)N3CCCC[C@H]3C(=O)O[C@H](/C(C)=C/[C@@H]3CCC(SSCCC(=O)O)[C@H](OC)C3)[C@H](C)[C@@H](O)CC1=O)[C@H](C)C[C@@H]2OC. The molecule has 14 atom stereocenters. The number of nitrogens with zero attached hydrogens (tertiary/aromatic N) is 1. The molecule has 0 aromatic heterocycles. The topological polar surface area (TPSA) is 195 Å². The van der Waals surface area contributed by atoms with Crippen LogP contribution in [-0.2, 0) is 47.7 Å². The zero-order valence-electron chi connectivity index (χ0n) is 38.5. The molecule has 1 unspecified atom stereocenters. The molecule has 1 amide bonds. The lowest BCUT2D eigenvalue weighted by molar-refractivity contribution is -0.302. The maximum absolute atomic E-state index is 14.5. The van der Waals surface area contributed by atoms with Crippen molar-refractivity contribution in [2.45, 2.75) is 165 Å². The Labute approximate surface area is 382 Å². The lowest BCUT2D eigenvalue weighted by Crippen LogP contribution is -2.64. The number of carbonyl (C=O) groups is 5. The third kappa shape index (κ3) is 14.0. The van der Waals surface area contributed by atoms with Gasteiger partial charge in [0, 0.05) is 63.1 Å². The Kier molecular flexibility index (Phi) is 20.9. The highest BCUT2D eigenvalue weighted by Crippen LogP contribution is 2.42. The number of aliphatic carboxylic acids is 1. The number of ketones is 2. The molecule has 0 aromatic rings. The van der Waals surface area contributed by atoms with Gasteiger partial charge in [-0.25, -0.2) is 4.79 Å². The fourth-order valence-corrected chi connectivity index (χ4v) is 12.6. The van der Waals surface area contributed by atoms with Gasteiger partial charge in [0.15, 0.2) is 0 Å². The number of methoxy groups -OCH3 is 3. The number of carbonyl (C=O) groups excluding carboxylic acids is 4. The normalized spacial score (nSPS) is 38.1. The first kappa shape index (κ1) is 53.0. The van der Waals surface area contributed by atoms with Gasteiger partial charge in [0.25, 0.3) is 11.7 Å². The number of carboxylic acids is 1. The molecular formula is C47H73NO13S2. The summed E-state index contributed by atoms with van der Waals surface area (Å²) in [6, 6.07) is -1.16. The first-order valence-corrected chi connectivity index (χ1v) is 25.0. The molecule has 4 aliphatic rings. The van der Waals surface area contributed by atoms with E-state index in [1.807, 2.05) is 32.9 Å². The third-order valence-electron chi connectivity index (χ3n) is 13.4. The van der Waals surface area contributed by atoms with Gasteiger partial charge in [0.2, 0.25) is 5.79 Å². The molecule has 0 radical (unpaired) electrons. The van der Waals surface area contributed by atoms with Gasteiger partial charge < -0.3 is 43.9 Å². The van der Waals surface area contributed by atoms with E-state index >= 15 is 0 Å². The second-order valence-electron chi connectivity index (χ2n) is 18.3. The summed E-state index contributed by atoms with van der Waals surface area (Å²) >= 11 is 0. The van der Waals surface area contributed by atoms with E-state index in [4.69, 9.17) is 28.8 Å². The first-order valence-electron chi connectivity index (χ1n) is 22.6. The predicted octanol–water partition coefficient (Wildman–Crippen LogP) is 6.50. The maximum Gasteiger partial charge on any atom is 0.329 e. The molecule has 1 saturated carbocycles. The summed E-state index contributed by atoms with van der Waals surface area (Å²) in [7, 11) is 7.88. The lowest BCUT2D eigenvalue weighted by Gasteiger charge is -2.47. The minimum atomic E-state index is -2.52. The fourth-order valence-electron chi connectivity index (χ4n) is 9.78. The van der Waals surface area contributed by atoms with E-state index in [0.717, 1.165) is 18.4 Å². The average Bonchev–Trinajstić information content (AvgIpc) is 3.25. The van der Waals surface area contributed by atoms with E-state index in [1.165, 1.54) is 29.9 Å². The number of piperidine rings is 1. The van der Waals surface area contributed by atoms with E-state index in [-0.39, 0.29) is 61.2 Å². The number of ether oxygens (including phenoxy) is 5. The highest BCUT2D eigenvalue weighted by atomic mass is 33.1. The zero-order valence-corrected chi connectivity index (χ0v) is 40.2. The lowest BCUT2D eigenvalue weighted by atomic mass is 9.82. The van der Waals surface area contributed by atoms with Crippen LogP contribution in [-0.4, -0.2) is 137 Å². The van der Waals surface area contributed by atoms with Crippen LogP contribution in [0.4, 0.5) is 0 Å². The summed E-state index contributed by atoms with van der Waals surface area (Å²) in [6.45, 7) is 13.2. The monoisotopic (exact) mass is 923 g/mol. The second-order valence-corrected chi connectivity index (χ2v) is 21.0. The second kappa shape index (κ2) is 24.8. The Morgan fingerprint density at radius 1 is 0.984 bits per heavy atom. The number of allylic oxidation sites excluding steroid dienone is 4. The van der Waals surface area contributed by atoms with E-state index < -0.39 is 83.7 Å². The Balaban J connectivity index is 1.72. The molecule has 63 heavy (non-hydrogen) atoms. The van der Waals surface area contributed by atoms with Crippen molar-refractivity contribution in [1.29, 1.82) is 0 Å². The van der Waals surface area contributed by atoms with Crippen molar-refractivity contribution >= 4 is 51.0 Å². The summed E-state index contributed by atoms with van der Waals surface area (Å²) in [4.78, 5) is 69.3. The number of fused-ring (bicyclic) bond motifs is 3. The van der Waals surface area contributed by atoms with Crippen LogP contribution in [0.2, 0.25) is 0 Å². The highest BCUT2D eigenvalue weighted by Gasteiger charge is 2.56. The van der Waals surface area contributed by atoms with Gasteiger partial charge in [-0.1, -0.05) is 66.2 Å². The Hall–Kier alpha value is -2.57. The van der Waals surface area contributed by atoms with Gasteiger partial charge in [-0.05, 0) is 95.5 Å². The van der Waals surface area contributed by atoms with Crippen LogP contribution in [0.3, 0.4) is 0 Å². The highest BCUT2D eigenvalue weighted by molar-refractivity contribution is 8.77. The number of amides is 1. The third-order valence-corrected chi connectivity index (χ3v) is 16.4. The van der Waals surface area contributed by atoms with Gasteiger partial charge in [-0.15, -0.1) is 6.58 Å². The Morgan fingerprint density at radius 2 is 1.67 bits per heavy atom. The van der Waals surface area contributed by atoms with Crippen molar-refractivity contribution in [3.05, 3.63) is 36.0 Å². The number of Topliss-reactive ketones (excluding diaryl/α,β-unsaturated/α-hetero) is 2. The number of aliphatic hydroxyl groups is 2. The molecule has 0 spiro atoms. The van der Waals surface area contributed by atoms with Gasteiger partial charge in [0.1, 0.15) is 24.0 Å². The van der Waals surface area contributed by atoms with Crippen molar-refractivity contribution in [3.8, 4) is 0 Å². The number of hydrogen-bond donors (Lipinski definition) is 3. The fraction of sp³-hybridized carbons (Fsp3) is 0.766. The largest absolute Gasteiger partial charge is 0.481 e. The van der Waals surface area contributed by atoms with Crippen LogP contribution in [0.5, 0.6) is 0 Å². The molecule has 3 aliphatic heterocycles. The zero-order chi connectivity index (χ0) is 46.6. The molecule has 3 fully saturated rings.